The summed E-state index contributed by atoms with van der Waals surface area (Å²) in [4.78, 5) is 4.64. The first-order valence-electron chi connectivity index (χ1n) is 13.7. The zero-order valence-electron chi connectivity index (χ0n) is 22.9. The lowest BCUT2D eigenvalue weighted by Gasteiger charge is -2.28. The largest absolute Gasteiger partial charge is 0.310 e. The first-order chi connectivity index (χ1) is 19.7. The topological polar surface area (TPSA) is 6.48 Å². The first-order valence-corrected chi connectivity index (χ1v) is 13.7. The molecule has 6 rings (SSSR count). The minimum atomic E-state index is 1.13. The number of nitrogens with zero attached hydrogens (tertiary/aromatic N) is 2. The van der Waals surface area contributed by atoms with Gasteiger partial charge in [-0.15, -0.1) is 0 Å². The van der Waals surface area contributed by atoms with E-state index in [9.17, 15) is 0 Å². The molecule has 0 spiro atoms. The molecule has 6 aromatic carbocycles. The van der Waals surface area contributed by atoms with Gasteiger partial charge in [0.25, 0.3) is 0 Å². The number of aryl methyl sites for hydroxylation is 2. The van der Waals surface area contributed by atoms with E-state index in [0.29, 0.717) is 0 Å². The second kappa shape index (κ2) is 11.3. The van der Waals surface area contributed by atoms with E-state index >= 15 is 0 Å². The molecule has 0 saturated heterocycles. The van der Waals surface area contributed by atoms with Crippen molar-refractivity contribution >= 4 is 34.1 Å². The van der Waals surface area contributed by atoms with Gasteiger partial charge in [0.05, 0.1) is 0 Å². The maximum Gasteiger partial charge on any atom is 0.0467 e. The third kappa shape index (κ3) is 5.12. The molecule has 0 atom stereocenters. The SMILES string of the molecule is Cc1ccc(N(c2ccccc2)c2ccccc2)cc1-c1cc(N(c2ccccc2)c2ccccc2)ccc1C. The lowest BCUT2D eigenvalue weighted by Crippen LogP contribution is -2.11. The van der Waals surface area contributed by atoms with Crippen molar-refractivity contribution < 1.29 is 0 Å². The van der Waals surface area contributed by atoms with E-state index in [1.165, 1.54) is 22.3 Å². The van der Waals surface area contributed by atoms with E-state index in [4.69, 9.17) is 0 Å². The van der Waals surface area contributed by atoms with Gasteiger partial charge in [0, 0.05) is 34.1 Å². The molecule has 0 N–H and O–H groups in total. The van der Waals surface area contributed by atoms with Crippen LogP contribution in [-0.4, -0.2) is 0 Å². The van der Waals surface area contributed by atoms with E-state index in [2.05, 4.69) is 181 Å². The quantitative estimate of drug-likeness (QED) is 0.208. The monoisotopic (exact) mass is 516 g/mol. The Morgan fingerprint density at radius 2 is 0.575 bits per heavy atom. The van der Waals surface area contributed by atoms with Crippen LogP contribution >= 0.6 is 0 Å². The maximum atomic E-state index is 2.33. The molecular weight excluding hydrogens is 484 g/mol. The average Bonchev–Trinajstić information content (AvgIpc) is 3.01. The highest BCUT2D eigenvalue weighted by atomic mass is 15.1. The molecule has 0 fully saturated rings. The molecule has 2 nitrogen and oxygen atoms in total. The number of para-hydroxylation sites is 4. The van der Waals surface area contributed by atoms with Crippen LogP contribution in [0.25, 0.3) is 11.1 Å². The van der Waals surface area contributed by atoms with E-state index < -0.39 is 0 Å². The molecule has 0 radical (unpaired) electrons. The van der Waals surface area contributed by atoms with Crippen LogP contribution in [0, 0.1) is 13.8 Å². The molecule has 0 aromatic heterocycles. The van der Waals surface area contributed by atoms with Gasteiger partial charge in [-0.1, -0.05) is 84.9 Å². The van der Waals surface area contributed by atoms with Crippen LogP contribution in [0.15, 0.2) is 158 Å². The molecule has 0 aliphatic heterocycles. The summed E-state index contributed by atoms with van der Waals surface area (Å²) in [6.45, 7) is 4.40. The second-order valence-corrected chi connectivity index (χ2v) is 10.0. The van der Waals surface area contributed by atoms with E-state index in [1.54, 1.807) is 0 Å². The van der Waals surface area contributed by atoms with Crippen LogP contribution in [0.1, 0.15) is 11.1 Å². The summed E-state index contributed by atoms with van der Waals surface area (Å²) in [6, 6.07) is 55.9. The molecule has 0 aliphatic carbocycles. The summed E-state index contributed by atoms with van der Waals surface area (Å²) in [6.07, 6.45) is 0. The van der Waals surface area contributed by atoms with Gasteiger partial charge in [-0.3, -0.25) is 0 Å². The molecule has 6 aromatic rings. The van der Waals surface area contributed by atoms with Gasteiger partial charge in [-0.2, -0.15) is 0 Å². The van der Waals surface area contributed by atoms with Crippen LogP contribution in [0.3, 0.4) is 0 Å². The highest BCUT2D eigenvalue weighted by Crippen LogP contribution is 2.41. The Bertz CT molecular complexity index is 1490. The summed E-state index contributed by atoms with van der Waals surface area (Å²) >= 11 is 0. The zero-order valence-corrected chi connectivity index (χ0v) is 22.9. The fourth-order valence-corrected chi connectivity index (χ4v) is 5.28. The number of hydrogen-bond acceptors (Lipinski definition) is 2. The van der Waals surface area contributed by atoms with Crippen LogP contribution in [0.4, 0.5) is 34.1 Å². The maximum absolute atomic E-state index is 2.33. The molecule has 0 heterocycles. The zero-order chi connectivity index (χ0) is 27.3. The molecule has 2 heteroatoms. The predicted molar refractivity (Wildman–Crippen MR) is 171 cm³/mol. The highest BCUT2D eigenvalue weighted by Gasteiger charge is 2.17. The standard InChI is InChI=1S/C38H32N2/c1-29-23-25-35(39(31-15-7-3-8-16-31)32-17-9-4-10-18-32)27-37(29)38-28-36(26-24-30(38)2)40(33-19-11-5-12-20-33)34-21-13-6-14-22-34/h3-28H,1-2H3. The van der Waals surface area contributed by atoms with Gasteiger partial charge < -0.3 is 9.80 Å². The van der Waals surface area contributed by atoms with Gasteiger partial charge in [0.1, 0.15) is 0 Å². The Hall–Kier alpha value is -5.08. The summed E-state index contributed by atoms with van der Waals surface area (Å²) in [7, 11) is 0. The summed E-state index contributed by atoms with van der Waals surface area (Å²) in [5.74, 6) is 0. The van der Waals surface area contributed by atoms with Gasteiger partial charge in [-0.05, 0) is 109 Å². The van der Waals surface area contributed by atoms with Gasteiger partial charge in [-0.25, -0.2) is 0 Å². The van der Waals surface area contributed by atoms with E-state index in [0.717, 1.165) is 34.1 Å². The Morgan fingerprint density at radius 1 is 0.300 bits per heavy atom. The fourth-order valence-electron chi connectivity index (χ4n) is 5.28. The predicted octanol–water partition coefficient (Wildman–Crippen LogP) is 10.9. The lowest BCUT2D eigenvalue weighted by atomic mass is 9.94. The number of hydrogen-bond donors (Lipinski definition) is 0. The fraction of sp³-hybridized carbons (Fsp3) is 0.0526. The Morgan fingerprint density at radius 3 is 0.850 bits per heavy atom. The molecule has 0 bridgehead atoms. The third-order valence-corrected chi connectivity index (χ3v) is 7.31. The molecule has 0 aliphatic rings. The van der Waals surface area contributed by atoms with Crippen LogP contribution < -0.4 is 9.80 Å². The second-order valence-electron chi connectivity index (χ2n) is 10.0. The molecule has 0 saturated carbocycles. The number of benzene rings is 6. The average molecular weight is 517 g/mol. The Balaban J connectivity index is 1.49. The van der Waals surface area contributed by atoms with E-state index in [1.807, 2.05) is 0 Å². The number of rotatable bonds is 7. The normalized spacial score (nSPS) is 10.8. The van der Waals surface area contributed by atoms with Crippen molar-refractivity contribution in [2.24, 2.45) is 0 Å². The third-order valence-electron chi connectivity index (χ3n) is 7.31. The summed E-state index contributed by atoms with van der Waals surface area (Å²) < 4.78 is 0. The molecule has 194 valence electrons. The van der Waals surface area contributed by atoms with Crippen molar-refractivity contribution in [1.82, 2.24) is 0 Å². The Labute approximate surface area is 237 Å². The minimum absolute atomic E-state index is 1.13. The van der Waals surface area contributed by atoms with Crippen molar-refractivity contribution in [2.75, 3.05) is 9.80 Å². The minimum Gasteiger partial charge on any atom is -0.310 e. The summed E-state index contributed by atoms with van der Waals surface area (Å²) in [5.41, 5.74) is 11.7. The van der Waals surface area contributed by atoms with Crippen molar-refractivity contribution in [3.63, 3.8) is 0 Å². The van der Waals surface area contributed by atoms with Gasteiger partial charge in [0.2, 0.25) is 0 Å². The molecular formula is C38H32N2. The number of anilines is 6. The van der Waals surface area contributed by atoms with Crippen molar-refractivity contribution in [1.29, 1.82) is 0 Å². The van der Waals surface area contributed by atoms with Crippen molar-refractivity contribution in [3.8, 4) is 11.1 Å². The highest BCUT2D eigenvalue weighted by molar-refractivity contribution is 5.85. The van der Waals surface area contributed by atoms with Crippen molar-refractivity contribution in [3.05, 3.63) is 169 Å². The molecule has 0 amide bonds. The Kier molecular flexibility index (Phi) is 7.15. The van der Waals surface area contributed by atoms with Gasteiger partial charge in [0.15, 0.2) is 0 Å². The van der Waals surface area contributed by atoms with Crippen molar-refractivity contribution in [2.45, 2.75) is 13.8 Å². The lowest BCUT2D eigenvalue weighted by molar-refractivity contribution is 1.26. The van der Waals surface area contributed by atoms with E-state index in [-0.39, 0.29) is 0 Å². The van der Waals surface area contributed by atoms with Gasteiger partial charge >= 0.3 is 0 Å². The first kappa shape index (κ1) is 25.2. The van der Waals surface area contributed by atoms with Crippen LogP contribution in [-0.2, 0) is 0 Å². The molecule has 40 heavy (non-hydrogen) atoms. The van der Waals surface area contributed by atoms with Crippen LogP contribution in [0.5, 0.6) is 0 Å². The molecule has 0 unspecified atom stereocenters. The smallest absolute Gasteiger partial charge is 0.0467 e. The summed E-state index contributed by atoms with van der Waals surface area (Å²) in [5, 5.41) is 0. The van der Waals surface area contributed by atoms with Crippen LogP contribution in [0.2, 0.25) is 0 Å².